The highest BCUT2D eigenvalue weighted by atomic mass is 127. The van der Waals surface area contributed by atoms with Crippen molar-refractivity contribution in [2.45, 2.75) is 4.43 Å². The van der Waals surface area contributed by atoms with Gasteiger partial charge in [0.2, 0.25) is 0 Å². The molecule has 0 fully saturated rings. The van der Waals surface area contributed by atoms with Gasteiger partial charge in [0.25, 0.3) is 0 Å². The zero-order chi connectivity index (χ0) is 13.4. The maximum Gasteiger partial charge on any atom is 0.151 e. The molecule has 1 aromatic carbocycles. The zero-order valence-electron chi connectivity index (χ0n) is 9.85. The summed E-state index contributed by atoms with van der Waals surface area (Å²) in [6.07, 6.45) is 3.46. The summed E-state index contributed by atoms with van der Waals surface area (Å²) in [7, 11) is 0. The van der Waals surface area contributed by atoms with Crippen molar-refractivity contribution in [3.8, 4) is 5.69 Å². The molecule has 2 N–H and O–H groups in total. The first-order valence-corrected chi connectivity index (χ1v) is 7.95. The molecule has 2 heterocycles. The van der Waals surface area contributed by atoms with Crippen LogP contribution in [0.25, 0.3) is 16.7 Å². The number of rotatable bonds is 2. The summed E-state index contributed by atoms with van der Waals surface area (Å²) >= 11 is 5.87. The molecule has 96 valence electrons. The largest absolute Gasteiger partial charge is 0.383 e. The van der Waals surface area contributed by atoms with Gasteiger partial charge in [0, 0.05) is 20.8 Å². The van der Waals surface area contributed by atoms with E-state index in [1.165, 1.54) is 11.9 Å². The van der Waals surface area contributed by atoms with Gasteiger partial charge in [-0.05, 0) is 33.6 Å². The third kappa shape index (κ3) is 2.23. The highest BCUT2D eigenvalue weighted by Crippen LogP contribution is 2.30. The van der Waals surface area contributed by atoms with Crippen LogP contribution in [0.4, 0.5) is 5.82 Å². The third-order valence-electron chi connectivity index (χ3n) is 2.91. The van der Waals surface area contributed by atoms with E-state index in [9.17, 15) is 0 Å². The number of hydrogen-bond acceptors (Lipinski definition) is 3. The van der Waals surface area contributed by atoms with Crippen LogP contribution in [0.1, 0.15) is 5.56 Å². The number of fused-ring (bicyclic) bond motifs is 1. The maximum absolute atomic E-state index is 5.91. The molecule has 0 aliphatic carbocycles. The number of nitrogen functional groups attached to an aromatic ring is 1. The second-order valence-corrected chi connectivity index (χ2v) is 5.73. The smallest absolute Gasteiger partial charge is 0.151 e. The van der Waals surface area contributed by atoms with Gasteiger partial charge in [-0.15, -0.1) is 0 Å². The lowest BCUT2D eigenvalue weighted by atomic mass is 10.2. The van der Waals surface area contributed by atoms with Gasteiger partial charge in [-0.25, -0.2) is 9.97 Å². The highest BCUT2D eigenvalue weighted by Gasteiger charge is 2.12. The van der Waals surface area contributed by atoms with E-state index in [0.717, 1.165) is 25.6 Å². The molecular formula is C13H10BrIN4. The van der Waals surface area contributed by atoms with E-state index in [0.29, 0.717) is 5.82 Å². The van der Waals surface area contributed by atoms with Crippen LogP contribution < -0.4 is 5.73 Å². The fourth-order valence-electron chi connectivity index (χ4n) is 2.03. The van der Waals surface area contributed by atoms with Crippen LogP contribution in [-0.2, 0) is 4.43 Å². The number of nitrogens with two attached hydrogens (primary N) is 1. The Morgan fingerprint density at radius 3 is 2.95 bits per heavy atom. The Hall–Kier alpha value is -1.15. The van der Waals surface area contributed by atoms with Crippen molar-refractivity contribution in [1.82, 2.24) is 14.5 Å². The van der Waals surface area contributed by atoms with Crippen molar-refractivity contribution in [1.29, 1.82) is 0 Å². The van der Waals surface area contributed by atoms with Crippen molar-refractivity contribution in [2.75, 3.05) is 5.73 Å². The second-order valence-electron chi connectivity index (χ2n) is 4.11. The van der Waals surface area contributed by atoms with Gasteiger partial charge in [-0.2, -0.15) is 0 Å². The monoisotopic (exact) mass is 428 g/mol. The van der Waals surface area contributed by atoms with Crippen LogP contribution >= 0.6 is 38.5 Å². The lowest BCUT2D eigenvalue weighted by Gasteiger charge is -2.06. The van der Waals surface area contributed by atoms with Crippen LogP contribution in [-0.4, -0.2) is 14.5 Å². The van der Waals surface area contributed by atoms with E-state index in [1.54, 1.807) is 0 Å². The SMILES string of the molecule is Nc1ncnc2c1c(Br)cn2-c1cccc(CI)c1. The summed E-state index contributed by atoms with van der Waals surface area (Å²) < 4.78 is 3.90. The fraction of sp³-hybridized carbons (Fsp3) is 0.0769. The van der Waals surface area contributed by atoms with Crippen LogP contribution in [0.15, 0.2) is 41.3 Å². The average Bonchev–Trinajstić information content (AvgIpc) is 2.78. The van der Waals surface area contributed by atoms with Gasteiger partial charge in [0.15, 0.2) is 5.65 Å². The summed E-state index contributed by atoms with van der Waals surface area (Å²) in [5.74, 6) is 0.487. The number of benzene rings is 1. The first kappa shape index (κ1) is 12.9. The number of alkyl halides is 1. The summed E-state index contributed by atoms with van der Waals surface area (Å²) in [5, 5.41) is 0.849. The molecule has 4 nitrogen and oxygen atoms in total. The Morgan fingerprint density at radius 2 is 2.16 bits per heavy atom. The standard InChI is InChI=1S/C13H10BrIN4/c14-10-6-19(9-3-1-2-8(4-9)5-15)13-11(10)12(16)17-7-18-13/h1-4,6-7H,5H2,(H2,16,17,18). The molecule has 19 heavy (non-hydrogen) atoms. The number of anilines is 1. The summed E-state index contributed by atoms with van der Waals surface area (Å²) in [6.45, 7) is 0. The van der Waals surface area contributed by atoms with Gasteiger partial charge in [-0.3, -0.25) is 4.57 Å². The maximum atomic E-state index is 5.91. The van der Waals surface area contributed by atoms with Crippen LogP contribution in [0.5, 0.6) is 0 Å². The Kier molecular flexibility index (Phi) is 3.44. The molecule has 6 heteroatoms. The molecule has 2 aromatic heterocycles. The molecule has 0 saturated heterocycles. The van der Waals surface area contributed by atoms with Crippen molar-refractivity contribution in [3.05, 3.63) is 46.8 Å². The molecule has 3 rings (SSSR count). The van der Waals surface area contributed by atoms with E-state index < -0.39 is 0 Å². The van der Waals surface area contributed by atoms with Crippen molar-refractivity contribution >= 4 is 55.4 Å². The molecule has 0 spiro atoms. The number of nitrogens with zero attached hydrogens (tertiary/aromatic N) is 3. The lowest BCUT2D eigenvalue weighted by Crippen LogP contribution is -1.97. The van der Waals surface area contributed by atoms with Crippen LogP contribution in [0, 0.1) is 0 Å². The zero-order valence-corrected chi connectivity index (χ0v) is 13.6. The molecular weight excluding hydrogens is 419 g/mol. The summed E-state index contributed by atoms with van der Waals surface area (Å²) in [4.78, 5) is 8.37. The number of hydrogen-bond donors (Lipinski definition) is 1. The van der Waals surface area contributed by atoms with Gasteiger partial charge in [0.1, 0.15) is 12.1 Å². The molecule has 0 radical (unpaired) electrons. The van der Waals surface area contributed by atoms with Gasteiger partial charge in [0.05, 0.1) is 5.39 Å². The first-order chi connectivity index (χ1) is 9.20. The molecule has 0 bridgehead atoms. The number of aromatic nitrogens is 3. The minimum absolute atomic E-state index is 0.487. The molecule has 0 atom stereocenters. The predicted octanol–water partition coefficient (Wildman–Crippen LogP) is 3.70. The lowest BCUT2D eigenvalue weighted by molar-refractivity contribution is 1.07. The molecule has 0 aliphatic rings. The second kappa shape index (κ2) is 5.09. The van der Waals surface area contributed by atoms with Gasteiger partial charge < -0.3 is 5.73 Å². The predicted molar refractivity (Wildman–Crippen MR) is 88.7 cm³/mol. The van der Waals surface area contributed by atoms with Gasteiger partial charge >= 0.3 is 0 Å². The highest BCUT2D eigenvalue weighted by molar-refractivity contribution is 14.1. The van der Waals surface area contributed by atoms with Crippen molar-refractivity contribution in [2.24, 2.45) is 0 Å². The van der Waals surface area contributed by atoms with E-state index in [2.05, 4.69) is 66.7 Å². The average molecular weight is 429 g/mol. The minimum atomic E-state index is 0.487. The third-order valence-corrected chi connectivity index (χ3v) is 4.39. The quantitative estimate of drug-likeness (QED) is 0.500. The Balaban J connectivity index is 2.28. The topological polar surface area (TPSA) is 56.7 Å². The van der Waals surface area contributed by atoms with Crippen molar-refractivity contribution < 1.29 is 0 Å². The Bertz CT molecular complexity index is 753. The van der Waals surface area contributed by atoms with Crippen LogP contribution in [0.2, 0.25) is 0 Å². The summed E-state index contributed by atoms with van der Waals surface area (Å²) in [6, 6.07) is 8.37. The van der Waals surface area contributed by atoms with E-state index in [-0.39, 0.29) is 0 Å². The molecule has 0 saturated carbocycles. The molecule has 3 aromatic rings. The van der Waals surface area contributed by atoms with Crippen LogP contribution in [0.3, 0.4) is 0 Å². The molecule has 0 aliphatic heterocycles. The van der Waals surface area contributed by atoms with Gasteiger partial charge in [-0.1, -0.05) is 34.7 Å². The minimum Gasteiger partial charge on any atom is -0.383 e. The number of halogens is 2. The molecule has 0 unspecified atom stereocenters. The fourth-order valence-corrected chi connectivity index (χ4v) is 3.09. The van der Waals surface area contributed by atoms with E-state index in [1.807, 2.05) is 16.8 Å². The van der Waals surface area contributed by atoms with E-state index in [4.69, 9.17) is 5.73 Å². The van der Waals surface area contributed by atoms with Crippen molar-refractivity contribution in [3.63, 3.8) is 0 Å². The molecule has 0 amide bonds. The summed E-state index contributed by atoms with van der Waals surface area (Å²) in [5.41, 5.74) is 9.07. The normalized spacial score (nSPS) is 11.1. The Morgan fingerprint density at radius 1 is 1.32 bits per heavy atom. The first-order valence-electron chi connectivity index (χ1n) is 5.63. The van der Waals surface area contributed by atoms with E-state index >= 15 is 0 Å². The Labute approximate surface area is 132 Å².